The highest BCUT2D eigenvalue weighted by Gasteiger charge is 2.45. The van der Waals surface area contributed by atoms with Crippen LogP contribution in [0.2, 0.25) is 5.02 Å². The molecule has 7 heteroatoms. The smallest absolute Gasteiger partial charge is 0.236 e. The zero-order chi connectivity index (χ0) is 18.0. The van der Waals surface area contributed by atoms with Gasteiger partial charge in [0.15, 0.2) is 0 Å². The fourth-order valence-corrected chi connectivity index (χ4v) is 3.76. The maximum atomic E-state index is 13.3. The number of carbonyl (C=O) groups is 1. The van der Waals surface area contributed by atoms with Gasteiger partial charge in [0.05, 0.1) is 23.8 Å². The molecule has 5 nitrogen and oxygen atoms in total. The highest BCUT2D eigenvalue weighted by atomic mass is 35.5. The van der Waals surface area contributed by atoms with Crippen LogP contribution in [0.5, 0.6) is 5.75 Å². The molecule has 1 aromatic rings. The molecule has 2 heterocycles. The van der Waals surface area contributed by atoms with Crippen LogP contribution in [0.15, 0.2) is 18.2 Å². The number of ether oxygens (including phenoxy) is 2. The summed E-state index contributed by atoms with van der Waals surface area (Å²) in [6.45, 7) is 2.25. The third-order valence-electron chi connectivity index (χ3n) is 4.71. The van der Waals surface area contributed by atoms with Crippen LogP contribution in [0.1, 0.15) is 19.3 Å². The number of carbonyl (C=O) groups excluding carboxylic acids is 1. The SMILES string of the molecule is CN(C)CC(=O)N1CCC[C@]2(C[C@@H](Oc3ccc(F)c(Cl)c3)CO2)C1. The zero-order valence-electron chi connectivity index (χ0n) is 14.6. The molecule has 0 aliphatic carbocycles. The van der Waals surface area contributed by atoms with Gasteiger partial charge in [-0.3, -0.25) is 4.79 Å². The van der Waals surface area contributed by atoms with Gasteiger partial charge in [-0.05, 0) is 39.1 Å². The second-order valence-corrected chi connectivity index (χ2v) is 7.58. The van der Waals surface area contributed by atoms with Crippen LogP contribution in [-0.2, 0) is 9.53 Å². The number of hydrogen-bond donors (Lipinski definition) is 0. The Morgan fingerprint density at radius 2 is 2.32 bits per heavy atom. The molecule has 1 spiro atoms. The number of rotatable bonds is 4. The highest BCUT2D eigenvalue weighted by molar-refractivity contribution is 6.30. The van der Waals surface area contributed by atoms with Crippen LogP contribution < -0.4 is 4.74 Å². The van der Waals surface area contributed by atoms with E-state index in [0.717, 1.165) is 19.4 Å². The molecule has 138 valence electrons. The number of likely N-dealkylation sites (tertiary alicyclic amines) is 1. The number of likely N-dealkylation sites (N-methyl/N-ethyl adjacent to an activating group) is 1. The summed E-state index contributed by atoms with van der Waals surface area (Å²) in [7, 11) is 3.78. The fraction of sp³-hybridized carbons (Fsp3) is 0.611. The third-order valence-corrected chi connectivity index (χ3v) is 5.00. The number of amides is 1. The summed E-state index contributed by atoms with van der Waals surface area (Å²) in [5.74, 6) is 0.200. The van der Waals surface area contributed by atoms with E-state index in [2.05, 4.69) is 0 Å². The summed E-state index contributed by atoms with van der Waals surface area (Å²) in [4.78, 5) is 16.1. The van der Waals surface area contributed by atoms with Gasteiger partial charge in [0.25, 0.3) is 0 Å². The molecule has 2 aliphatic heterocycles. The predicted molar refractivity (Wildman–Crippen MR) is 93.5 cm³/mol. The standard InChI is InChI=1S/C18H24ClFN2O3/c1-21(2)10-17(23)22-7-3-6-18(12-22)9-14(11-24-18)25-13-4-5-16(20)15(19)8-13/h4-5,8,14H,3,6-7,9-12H2,1-2H3/t14-,18+/m1/s1. The molecule has 0 radical (unpaired) electrons. The van der Waals surface area contributed by atoms with E-state index in [9.17, 15) is 9.18 Å². The first-order valence-electron chi connectivity index (χ1n) is 8.55. The van der Waals surface area contributed by atoms with E-state index in [4.69, 9.17) is 21.1 Å². The van der Waals surface area contributed by atoms with E-state index in [1.165, 1.54) is 12.1 Å². The van der Waals surface area contributed by atoms with Crippen LogP contribution in [0.25, 0.3) is 0 Å². The molecule has 0 bridgehead atoms. The van der Waals surface area contributed by atoms with Gasteiger partial charge in [-0.2, -0.15) is 0 Å². The van der Waals surface area contributed by atoms with E-state index in [1.54, 1.807) is 6.07 Å². The predicted octanol–water partition coefficient (Wildman–Crippen LogP) is 2.57. The largest absolute Gasteiger partial charge is 0.488 e. The molecule has 2 aliphatic rings. The molecular weight excluding hydrogens is 347 g/mol. The van der Waals surface area contributed by atoms with Crippen molar-refractivity contribution in [3.63, 3.8) is 0 Å². The van der Waals surface area contributed by atoms with E-state index in [-0.39, 0.29) is 22.6 Å². The molecule has 3 rings (SSSR count). The minimum atomic E-state index is -0.463. The lowest BCUT2D eigenvalue weighted by molar-refractivity contribution is -0.139. The van der Waals surface area contributed by atoms with Crippen molar-refractivity contribution < 1.29 is 18.7 Å². The monoisotopic (exact) mass is 370 g/mol. The average Bonchev–Trinajstić information content (AvgIpc) is 2.92. The Balaban J connectivity index is 1.60. The normalized spacial score (nSPS) is 26.4. The molecule has 2 atom stereocenters. The minimum absolute atomic E-state index is 0.0456. The van der Waals surface area contributed by atoms with E-state index in [1.807, 2.05) is 23.9 Å². The highest BCUT2D eigenvalue weighted by Crippen LogP contribution is 2.36. The van der Waals surface area contributed by atoms with Crippen molar-refractivity contribution in [1.29, 1.82) is 0 Å². The zero-order valence-corrected chi connectivity index (χ0v) is 15.4. The molecule has 0 saturated carbocycles. The second kappa shape index (κ2) is 7.48. The lowest BCUT2D eigenvalue weighted by Gasteiger charge is -2.40. The Labute approximate surface area is 152 Å². The van der Waals surface area contributed by atoms with Gasteiger partial charge in [-0.15, -0.1) is 0 Å². The first-order chi connectivity index (χ1) is 11.9. The van der Waals surface area contributed by atoms with E-state index < -0.39 is 5.82 Å². The molecule has 25 heavy (non-hydrogen) atoms. The molecule has 0 aromatic heterocycles. The van der Waals surface area contributed by atoms with Gasteiger partial charge < -0.3 is 19.3 Å². The number of piperidine rings is 1. The lowest BCUT2D eigenvalue weighted by atomic mass is 9.89. The summed E-state index contributed by atoms with van der Waals surface area (Å²) in [6, 6.07) is 4.35. The van der Waals surface area contributed by atoms with Gasteiger partial charge in [-0.1, -0.05) is 11.6 Å². The Morgan fingerprint density at radius 1 is 1.52 bits per heavy atom. The summed E-state index contributed by atoms with van der Waals surface area (Å²) >= 11 is 5.80. The number of nitrogens with zero attached hydrogens (tertiary/aromatic N) is 2. The molecule has 2 fully saturated rings. The van der Waals surface area contributed by atoms with Gasteiger partial charge in [0, 0.05) is 25.6 Å². The third kappa shape index (κ3) is 4.43. The van der Waals surface area contributed by atoms with Gasteiger partial charge in [0.2, 0.25) is 5.91 Å². The van der Waals surface area contributed by atoms with Gasteiger partial charge in [0.1, 0.15) is 17.7 Å². The molecule has 0 N–H and O–H groups in total. The summed E-state index contributed by atoms with van der Waals surface area (Å²) in [5, 5.41) is 0.0456. The molecule has 1 amide bonds. The van der Waals surface area contributed by atoms with Crippen molar-refractivity contribution in [1.82, 2.24) is 9.80 Å². The quantitative estimate of drug-likeness (QED) is 0.817. The Kier molecular flexibility index (Phi) is 5.51. The maximum absolute atomic E-state index is 13.3. The average molecular weight is 371 g/mol. The van der Waals surface area contributed by atoms with Crippen molar-refractivity contribution in [3.8, 4) is 5.75 Å². The minimum Gasteiger partial charge on any atom is -0.488 e. The molecule has 0 unspecified atom stereocenters. The van der Waals surface area contributed by atoms with Crippen molar-refractivity contribution in [2.24, 2.45) is 0 Å². The van der Waals surface area contributed by atoms with Crippen LogP contribution in [0, 0.1) is 5.82 Å². The van der Waals surface area contributed by atoms with Crippen molar-refractivity contribution in [2.45, 2.75) is 31.0 Å². The maximum Gasteiger partial charge on any atom is 0.236 e. The van der Waals surface area contributed by atoms with Gasteiger partial charge >= 0.3 is 0 Å². The summed E-state index contributed by atoms with van der Waals surface area (Å²) < 4.78 is 25.2. The first-order valence-corrected chi connectivity index (χ1v) is 8.93. The summed E-state index contributed by atoms with van der Waals surface area (Å²) in [6.07, 6.45) is 2.44. The lowest BCUT2D eigenvalue weighted by Crippen LogP contribution is -2.52. The van der Waals surface area contributed by atoms with E-state index >= 15 is 0 Å². The second-order valence-electron chi connectivity index (χ2n) is 7.17. The Bertz CT molecular complexity index is 643. The molecule has 1 aromatic carbocycles. The fourth-order valence-electron chi connectivity index (χ4n) is 3.59. The van der Waals surface area contributed by atoms with Crippen LogP contribution in [0.3, 0.4) is 0 Å². The van der Waals surface area contributed by atoms with Crippen LogP contribution >= 0.6 is 11.6 Å². The molecular formula is C18H24ClFN2O3. The van der Waals surface area contributed by atoms with Crippen LogP contribution in [0.4, 0.5) is 4.39 Å². The topological polar surface area (TPSA) is 42.0 Å². The number of halogens is 2. The summed E-state index contributed by atoms with van der Waals surface area (Å²) in [5.41, 5.74) is -0.339. The van der Waals surface area contributed by atoms with Crippen molar-refractivity contribution >= 4 is 17.5 Å². The number of hydrogen-bond acceptors (Lipinski definition) is 4. The Morgan fingerprint density at radius 3 is 3.04 bits per heavy atom. The van der Waals surface area contributed by atoms with Crippen molar-refractivity contribution in [2.75, 3.05) is 40.3 Å². The molecule has 2 saturated heterocycles. The van der Waals surface area contributed by atoms with E-state index in [0.29, 0.717) is 31.9 Å². The van der Waals surface area contributed by atoms with Gasteiger partial charge in [-0.25, -0.2) is 4.39 Å². The Hall–Kier alpha value is -1.37. The first kappa shape index (κ1) is 18.4. The van der Waals surface area contributed by atoms with Crippen LogP contribution in [-0.4, -0.2) is 67.7 Å². The number of benzene rings is 1. The van der Waals surface area contributed by atoms with Crippen molar-refractivity contribution in [3.05, 3.63) is 29.0 Å².